The summed E-state index contributed by atoms with van der Waals surface area (Å²) in [6.07, 6.45) is 0.168. The van der Waals surface area contributed by atoms with Gasteiger partial charge in [-0.15, -0.1) is 0 Å². The van der Waals surface area contributed by atoms with E-state index in [1.165, 1.54) is 13.2 Å². The Bertz CT molecular complexity index is 435. The van der Waals surface area contributed by atoms with Gasteiger partial charge in [0.05, 0.1) is 18.1 Å². The van der Waals surface area contributed by atoms with Gasteiger partial charge in [0.15, 0.2) is 5.75 Å². The van der Waals surface area contributed by atoms with Crippen molar-refractivity contribution in [2.24, 2.45) is 11.8 Å². The van der Waals surface area contributed by atoms with Gasteiger partial charge in [-0.2, -0.15) is 0 Å². The highest BCUT2D eigenvalue weighted by Gasteiger charge is 2.22. The molecule has 0 bridgehead atoms. The predicted molar refractivity (Wildman–Crippen MR) is 73.4 cm³/mol. The summed E-state index contributed by atoms with van der Waals surface area (Å²) in [5.41, 5.74) is 0.806. The van der Waals surface area contributed by atoms with E-state index in [4.69, 9.17) is 4.74 Å². The second kappa shape index (κ2) is 6.52. The lowest BCUT2D eigenvalue weighted by molar-refractivity contribution is -0.385. The molecule has 0 heterocycles. The second-order valence-electron chi connectivity index (χ2n) is 5.12. The van der Waals surface area contributed by atoms with Gasteiger partial charge in [0.25, 0.3) is 0 Å². The average Bonchev–Trinajstić information content (AvgIpc) is 2.34. The van der Waals surface area contributed by atoms with Gasteiger partial charge in [0, 0.05) is 6.07 Å². The van der Waals surface area contributed by atoms with Crippen molar-refractivity contribution in [1.82, 2.24) is 0 Å². The summed E-state index contributed by atoms with van der Waals surface area (Å²) in [5, 5.41) is 20.7. The first-order chi connectivity index (χ1) is 8.86. The van der Waals surface area contributed by atoms with E-state index in [0.29, 0.717) is 12.3 Å². The van der Waals surface area contributed by atoms with Crippen LogP contribution in [0.5, 0.6) is 5.75 Å². The van der Waals surface area contributed by atoms with Crippen molar-refractivity contribution in [3.05, 3.63) is 33.9 Å². The zero-order chi connectivity index (χ0) is 14.6. The van der Waals surface area contributed by atoms with E-state index in [0.717, 1.165) is 5.56 Å². The van der Waals surface area contributed by atoms with Crippen LogP contribution in [0.1, 0.15) is 26.3 Å². The Hall–Kier alpha value is -1.62. The molecule has 0 amide bonds. The van der Waals surface area contributed by atoms with Gasteiger partial charge >= 0.3 is 5.69 Å². The van der Waals surface area contributed by atoms with Crippen LogP contribution in [0, 0.1) is 22.0 Å². The average molecular weight is 267 g/mol. The summed E-state index contributed by atoms with van der Waals surface area (Å²) < 4.78 is 4.97. The topological polar surface area (TPSA) is 72.6 Å². The Morgan fingerprint density at radius 1 is 1.37 bits per heavy atom. The van der Waals surface area contributed by atoms with Crippen LogP contribution in [0.3, 0.4) is 0 Å². The standard InChI is InChI=1S/C14H21NO4/c1-9(2)12(10(3)16)7-11-5-6-14(19-4)13(8-11)15(17)18/h5-6,8-10,12,16H,7H2,1-4H3. The summed E-state index contributed by atoms with van der Waals surface area (Å²) in [7, 11) is 1.41. The first-order valence-corrected chi connectivity index (χ1v) is 6.36. The number of methoxy groups -OCH3 is 1. The van der Waals surface area contributed by atoms with Crippen molar-refractivity contribution in [1.29, 1.82) is 0 Å². The number of benzene rings is 1. The Morgan fingerprint density at radius 2 is 2.00 bits per heavy atom. The highest BCUT2D eigenvalue weighted by Crippen LogP contribution is 2.30. The molecule has 0 fully saturated rings. The molecule has 0 aromatic heterocycles. The number of ether oxygens (including phenoxy) is 1. The van der Waals surface area contributed by atoms with E-state index in [-0.39, 0.29) is 17.4 Å². The first kappa shape index (κ1) is 15.4. The van der Waals surface area contributed by atoms with E-state index in [1.807, 2.05) is 19.9 Å². The summed E-state index contributed by atoms with van der Waals surface area (Å²) >= 11 is 0. The first-order valence-electron chi connectivity index (χ1n) is 6.36. The molecule has 0 radical (unpaired) electrons. The van der Waals surface area contributed by atoms with Crippen molar-refractivity contribution in [2.75, 3.05) is 7.11 Å². The molecule has 0 aliphatic carbocycles. The molecule has 0 aliphatic heterocycles. The van der Waals surface area contributed by atoms with Crippen LogP contribution in [0.4, 0.5) is 5.69 Å². The Morgan fingerprint density at radius 3 is 2.42 bits per heavy atom. The highest BCUT2D eigenvalue weighted by atomic mass is 16.6. The van der Waals surface area contributed by atoms with Crippen LogP contribution >= 0.6 is 0 Å². The van der Waals surface area contributed by atoms with Gasteiger partial charge in [-0.25, -0.2) is 0 Å². The number of nitrogens with zero attached hydrogens (tertiary/aromatic N) is 1. The number of nitro benzene ring substituents is 1. The minimum absolute atomic E-state index is 0.0342. The molecule has 1 aromatic rings. The van der Waals surface area contributed by atoms with Gasteiger partial charge in [-0.05, 0) is 36.8 Å². The summed E-state index contributed by atoms with van der Waals surface area (Å²) in [6, 6.07) is 4.94. The molecule has 2 atom stereocenters. The fraction of sp³-hybridized carbons (Fsp3) is 0.571. The van der Waals surface area contributed by atoms with Gasteiger partial charge in [0.1, 0.15) is 0 Å². The van der Waals surface area contributed by atoms with E-state index < -0.39 is 11.0 Å². The molecule has 0 saturated heterocycles. The molecule has 0 saturated carbocycles. The van der Waals surface area contributed by atoms with E-state index in [1.54, 1.807) is 13.0 Å². The molecule has 1 aromatic carbocycles. The van der Waals surface area contributed by atoms with E-state index in [9.17, 15) is 15.2 Å². The van der Waals surface area contributed by atoms with Crippen LogP contribution in [-0.2, 0) is 6.42 Å². The van der Waals surface area contributed by atoms with Crippen LogP contribution in [0.2, 0.25) is 0 Å². The number of aliphatic hydroxyl groups is 1. The van der Waals surface area contributed by atoms with Crippen LogP contribution < -0.4 is 4.74 Å². The quantitative estimate of drug-likeness (QED) is 0.635. The monoisotopic (exact) mass is 267 g/mol. The van der Waals surface area contributed by atoms with Gasteiger partial charge < -0.3 is 9.84 Å². The lowest BCUT2D eigenvalue weighted by Gasteiger charge is -2.23. The van der Waals surface area contributed by atoms with Crippen LogP contribution in [0.15, 0.2) is 18.2 Å². The van der Waals surface area contributed by atoms with Gasteiger partial charge in [0.2, 0.25) is 0 Å². The number of hydrogen-bond acceptors (Lipinski definition) is 4. The maximum absolute atomic E-state index is 11.0. The lowest BCUT2D eigenvalue weighted by Crippen LogP contribution is -2.24. The third-order valence-corrected chi connectivity index (χ3v) is 3.39. The predicted octanol–water partition coefficient (Wildman–Crippen LogP) is 2.80. The smallest absolute Gasteiger partial charge is 0.311 e. The fourth-order valence-electron chi connectivity index (χ4n) is 2.24. The summed E-state index contributed by atoms with van der Waals surface area (Å²) in [5.74, 6) is 0.640. The van der Waals surface area contributed by atoms with Gasteiger partial charge in [-0.1, -0.05) is 19.9 Å². The van der Waals surface area contributed by atoms with Crippen LogP contribution in [0.25, 0.3) is 0 Å². The lowest BCUT2D eigenvalue weighted by atomic mass is 9.85. The molecule has 19 heavy (non-hydrogen) atoms. The molecule has 1 rings (SSSR count). The Labute approximate surface area is 113 Å². The SMILES string of the molecule is COc1ccc(CC(C(C)C)C(C)O)cc1[N+](=O)[O-]. The molecule has 2 unspecified atom stereocenters. The van der Waals surface area contributed by atoms with E-state index in [2.05, 4.69) is 0 Å². The largest absolute Gasteiger partial charge is 0.490 e. The molecule has 5 nitrogen and oxygen atoms in total. The minimum atomic E-state index is -0.449. The van der Waals surface area contributed by atoms with Crippen LogP contribution in [-0.4, -0.2) is 23.2 Å². The Kier molecular flexibility index (Phi) is 5.30. The number of hydrogen-bond donors (Lipinski definition) is 1. The number of nitro groups is 1. The molecule has 106 valence electrons. The molecule has 5 heteroatoms. The number of aliphatic hydroxyl groups excluding tert-OH is 1. The molecule has 1 N–H and O–H groups in total. The summed E-state index contributed by atoms with van der Waals surface area (Å²) in [4.78, 5) is 10.5. The highest BCUT2D eigenvalue weighted by molar-refractivity contribution is 5.48. The third-order valence-electron chi connectivity index (χ3n) is 3.39. The van der Waals surface area contributed by atoms with E-state index >= 15 is 0 Å². The van der Waals surface area contributed by atoms with Crippen molar-refractivity contribution in [2.45, 2.75) is 33.3 Å². The van der Waals surface area contributed by atoms with Crippen molar-refractivity contribution >= 4 is 5.69 Å². The second-order valence-corrected chi connectivity index (χ2v) is 5.12. The molecule has 0 spiro atoms. The Balaban J connectivity index is 3.02. The zero-order valence-corrected chi connectivity index (χ0v) is 11.8. The van der Waals surface area contributed by atoms with Crippen molar-refractivity contribution in [3.8, 4) is 5.75 Å². The maximum Gasteiger partial charge on any atom is 0.311 e. The normalized spacial score (nSPS) is 14.2. The van der Waals surface area contributed by atoms with Crippen molar-refractivity contribution < 1.29 is 14.8 Å². The fourth-order valence-corrected chi connectivity index (χ4v) is 2.24. The zero-order valence-electron chi connectivity index (χ0n) is 11.8. The molecular weight excluding hydrogens is 246 g/mol. The van der Waals surface area contributed by atoms with Gasteiger partial charge in [-0.3, -0.25) is 10.1 Å². The minimum Gasteiger partial charge on any atom is -0.490 e. The maximum atomic E-state index is 11.0. The van der Waals surface area contributed by atoms with Crippen molar-refractivity contribution in [3.63, 3.8) is 0 Å². The third kappa shape index (κ3) is 3.92. The summed E-state index contributed by atoms with van der Waals surface area (Å²) in [6.45, 7) is 5.83. The number of rotatable bonds is 6. The molecular formula is C14H21NO4. The molecule has 0 aliphatic rings.